The smallest absolute Gasteiger partial charge is 0.234 e. The summed E-state index contributed by atoms with van der Waals surface area (Å²) in [6, 6.07) is 7.00. The van der Waals surface area contributed by atoms with E-state index in [1.807, 2.05) is 0 Å². The van der Waals surface area contributed by atoms with E-state index in [0.29, 0.717) is 17.2 Å². The molecule has 1 aliphatic carbocycles. The SMILES string of the molecule is CC(=O)c1cccc(NC(=O)CSc2ncnc3sc4c(c23)CCC(C)C4)c1. The van der Waals surface area contributed by atoms with Gasteiger partial charge in [-0.05, 0) is 49.8 Å². The van der Waals surface area contributed by atoms with Crippen LogP contribution < -0.4 is 5.32 Å². The van der Waals surface area contributed by atoms with E-state index in [2.05, 4.69) is 22.2 Å². The first-order valence-corrected chi connectivity index (χ1v) is 11.1. The van der Waals surface area contributed by atoms with Crippen molar-refractivity contribution in [2.24, 2.45) is 5.92 Å². The Morgan fingerprint density at radius 2 is 2.18 bits per heavy atom. The van der Waals surface area contributed by atoms with Crippen LogP contribution in [0, 0.1) is 5.92 Å². The van der Waals surface area contributed by atoms with Crippen LogP contribution in [0.5, 0.6) is 0 Å². The maximum atomic E-state index is 12.4. The fraction of sp³-hybridized carbons (Fsp3) is 0.333. The molecular weight excluding hydrogens is 390 g/mol. The number of fused-ring (bicyclic) bond motifs is 3. The fourth-order valence-electron chi connectivity index (χ4n) is 3.50. The zero-order valence-corrected chi connectivity index (χ0v) is 17.5. The molecule has 5 nitrogen and oxygen atoms in total. The molecule has 1 unspecified atom stereocenters. The van der Waals surface area contributed by atoms with Gasteiger partial charge in [-0.3, -0.25) is 9.59 Å². The van der Waals surface area contributed by atoms with Gasteiger partial charge in [-0.15, -0.1) is 11.3 Å². The molecule has 144 valence electrons. The minimum atomic E-state index is -0.116. The van der Waals surface area contributed by atoms with Crippen LogP contribution in [0.4, 0.5) is 5.69 Å². The number of Topliss-reactive ketones (excluding diaryl/α,β-unsaturated/α-hetero) is 1. The highest BCUT2D eigenvalue weighted by atomic mass is 32.2. The molecule has 7 heteroatoms. The lowest BCUT2D eigenvalue weighted by Gasteiger charge is -2.18. The Labute approximate surface area is 172 Å². The summed E-state index contributed by atoms with van der Waals surface area (Å²) in [6.07, 6.45) is 4.93. The standard InChI is InChI=1S/C21H21N3O2S2/c1-12-6-7-16-17(8-12)28-21-19(16)20(22-11-23-21)27-10-18(26)24-15-5-3-4-14(9-15)13(2)25/h3-5,9,11-12H,6-8,10H2,1-2H3,(H,24,26). The van der Waals surface area contributed by atoms with Crippen molar-refractivity contribution in [3.8, 4) is 0 Å². The Hall–Kier alpha value is -2.25. The molecule has 1 N–H and O–H groups in total. The number of thioether (sulfide) groups is 1. The number of anilines is 1. The number of carbonyl (C=O) groups is 2. The van der Waals surface area contributed by atoms with Gasteiger partial charge in [0.2, 0.25) is 5.91 Å². The van der Waals surface area contributed by atoms with Crippen molar-refractivity contribution in [1.82, 2.24) is 9.97 Å². The third-order valence-electron chi connectivity index (χ3n) is 4.95. The Morgan fingerprint density at radius 3 is 3.00 bits per heavy atom. The van der Waals surface area contributed by atoms with Gasteiger partial charge >= 0.3 is 0 Å². The molecule has 2 aromatic heterocycles. The number of thiophene rings is 1. The van der Waals surface area contributed by atoms with Gasteiger partial charge in [-0.25, -0.2) is 9.97 Å². The normalized spacial score (nSPS) is 16.0. The molecule has 0 aliphatic heterocycles. The molecule has 0 radical (unpaired) electrons. The topological polar surface area (TPSA) is 72.0 Å². The summed E-state index contributed by atoms with van der Waals surface area (Å²) in [4.78, 5) is 35.3. The molecule has 28 heavy (non-hydrogen) atoms. The zero-order valence-electron chi connectivity index (χ0n) is 15.8. The number of nitrogens with zero attached hydrogens (tertiary/aromatic N) is 2. The number of nitrogens with one attached hydrogen (secondary N) is 1. The predicted octanol–water partition coefficient (Wildman–Crippen LogP) is 4.75. The Morgan fingerprint density at radius 1 is 1.32 bits per heavy atom. The first-order valence-electron chi connectivity index (χ1n) is 9.30. The van der Waals surface area contributed by atoms with Crippen LogP contribution in [0.25, 0.3) is 10.2 Å². The number of hydrogen-bond acceptors (Lipinski definition) is 6. The van der Waals surface area contributed by atoms with E-state index in [1.165, 1.54) is 35.5 Å². The maximum Gasteiger partial charge on any atom is 0.234 e. The molecule has 1 aromatic carbocycles. The summed E-state index contributed by atoms with van der Waals surface area (Å²) in [5, 5.41) is 4.87. The third kappa shape index (κ3) is 3.95. The number of ketones is 1. The first-order chi connectivity index (χ1) is 13.5. The summed E-state index contributed by atoms with van der Waals surface area (Å²) in [5.74, 6) is 0.832. The van der Waals surface area contributed by atoms with E-state index in [9.17, 15) is 9.59 Å². The van der Waals surface area contributed by atoms with E-state index < -0.39 is 0 Å². The Bertz CT molecular complexity index is 1060. The van der Waals surface area contributed by atoms with E-state index in [4.69, 9.17) is 0 Å². The molecule has 1 atom stereocenters. The molecule has 0 saturated carbocycles. The average molecular weight is 412 g/mol. The summed E-state index contributed by atoms with van der Waals surface area (Å²) >= 11 is 3.20. The first kappa shape index (κ1) is 19.1. The fourth-order valence-corrected chi connectivity index (χ4v) is 5.74. The summed E-state index contributed by atoms with van der Waals surface area (Å²) in [6.45, 7) is 3.81. The average Bonchev–Trinajstić information content (AvgIpc) is 3.04. The summed E-state index contributed by atoms with van der Waals surface area (Å²) < 4.78 is 0. The molecule has 4 rings (SSSR count). The number of benzene rings is 1. The van der Waals surface area contributed by atoms with Crippen LogP contribution in [-0.4, -0.2) is 27.4 Å². The van der Waals surface area contributed by atoms with Gasteiger partial charge in [0.25, 0.3) is 0 Å². The van der Waals surface area contributed by atoms with Crippen LogP contribution in [0.15, 0.2) is 35.6 Å². The van der Waals surface area contributed by atoms with E-state index in [1.54, 1.807) is 41.9 Å². The molecule has 3 aromatic rings. The van der Waals surface area contributed by atoms with Crippen molar-refractivity contribution in [2.75, 3.05) is 11.1 Å². The Balaban J connectivity index is 1.49. The van der Waals surface area contributed by atoms with E-state index >= 15 is 0 Å². The van der Waals surface area contributed by atoms with Gasteiger partial charge in [-0.1, -0.05) is 30.8 Å². The number of aromatic nitrogens is 2. The number of carbonyl (C=O) groups excluding carboxylic acids is 2. The van der Waals surface area contributed by atoms with Crippen LogP contribution in [0.2, 0.25) is 0 Å². The van der Waals surface area contributed by atoms with Gasteiger partial charge in [-0.2, -0.15) is 0 Å². The molecule has 1 aliphatic rings. The van der Waals surface area contributed by atoms with E-state index in [0.717, 1.165) is 28.1 Å². The number of amides is 1. The predicted molar refractivity (Wildman–Crippen MR) is 114 cm³/mol. The number of aryl methyl sites for hydroxylation is 1. The maximum absolute atomic E-state index is 12.4. The van der Waals surface area contributed by atoms with Gasteiger partial charge in [0.05, 0.1) is 5.75 Å². The van der Waals surface area contributed by atoms with Crippen molar-refractivity contribution in [2.45, 2.75) is 38.1 Å². The molecule has 0 fully saturated rings. The van der Waals surface area contributed by atoms with Gasteiger partial charge in [0, 0.05) is 21.5 Å². The minimum Gasteiger partial charge on any atom is -0.325 e. The molecule has 2 heterocycles. The second-order valence-corrected chi connectivity index (χ2v) is 9.23. The summed E-state index contributed by atoms with van der Waals surface area (Å²) in [5.41, 5.74) is 2.59. The third-order valence-corrected chi connectivity index (χ3v) is 7.10. The van der Waals surface area contributed by atoms with Crippen molar-refractivity contribution < 1.29 is 9.59 Å². The second-order valence-electron chi connectivity index (χ2n) is 7.18. The highest BCUT2D eigenvalue weighted by molar-refractivity contribution is 8.00. The zero-order chi connectivity index (χ0) is 19.7. The molecule has 0 bridgehead atoms. The van der Waals surface area contributed by atoms with Crippen molar-refractivity contribution in [1.29, 1.82) is 0 Å². The van der Waals surface area contributed by atoms with Gasteiger partial charge in [0.15, 0.2) is 5.78 Å². The van der Waals surface area contributed by atoms with E-state index in [-0.39, 0.29) is 17.4 Å². The van der Waals surface area contributed by atoms with Crippen LogP contribution in [0.3, 0.4) is 0 Å². The Kier molecular flexibility index (Phi) is 5.46. The molecule has 0 saturated heterocycles. The second kappa shape index (κ2) is 8.01. The highest BCUT2D eigenvalue weighted by Gasteiger charge is 2.23. The lowest BCUT2D eigenvalue weighted by molar-refractivity contribution is -0.113. The minimum absolute atomic E-state index is 0.0228. The summed E-state index contributed by atoms with van der Waals surface area (Å²) in [7, 11) is 0. The van der Waals surface area contributed by atoms with Gasteiger partial charge in [0.1, 0.15) is 16.2 Å². The van der Waals surface area contributed by atoms with Gasteiger partial charge < -0.3 is 5.32 Å². The monoisotopic (exact) mass is 411 g/mol. The lowest BCUT2D eigenvalue weighted by atomic mass is 9.89. The highest BCUT2D eigenvalue weighted by Crippen LogP contribution is 2.40. The number of hydrogen-bond donors (Lipinski definition) is 1. The number of rotatable bonds is 5. The van der Waals surface area contributed by atoms with Crippen molar-refractivity contribution in [3.63, 3.8) is 0 Å². The van der Waals surface area contributed by atoms with Crippen LogP contribution in [-0.2, 0) is 17.6 Å². The van der Waals surface area contributed by atoms with Crippen molar-refractivity contribution >= 4 is 50.7 Å². The molecular formula is C21H21N3O2S2. The lowest BCUT2D eigenvalue weighted by Crippen LogP contribution is -2.14. The molecule has 1 amide bonds. The van der Waals surface area contributed by atoms with Crippen LogP contribution in [0.1, 0.15) is 41.1 Å². The molecule has 0 spiro atoms. The largest absolute Gasteiger partial charge is 0.325 e. The quantitative estimate of drug-likeness (QED) is 0.373. The van der Waals surface area contributed by atoms with Crippen LogP contribution >= 0.6 is 23.1 Å². The van der Waals surface area contributed by atoms with Crippen molar-refractivity contribution in [3.05, 3.63) is 46.6 Å².